The molecule has 188 valence electrons. The van der Waals surface area contributed by atoms with Crippen LogP contribution in [0.1, 0.15) is 45.9 Å². The number of anilines is 3. The molecule has 1 atom stereocenters. The Hall–Kier alpha value is -3.99. The van der Waals surface area contributed by atoms with Crippen LogP contribution in [0.4, 0.5) is 17.6 Å². The molecule has 0 unspecified atom stereocenters. The molecule has 2 N–H and O–H groups in total. The number of ether oxygens (including phenoxy) is 2. The zero-order valence-corrected chi connectivity index (χ0v) is 21.1. The van der Waals surface area contributed by atoms with Gasteiger partial charge >= 0.3 is 0 Å². The van der Waals surface area contributed by atoms with E-state index in [0.29, 0.717) is 35.6 Å². The normalized spacial score (nSPS) is 15.9. The summed E-state index contributed by atoms with van der Waals surface area (Å²) in [6.07, 6.45) is 2.51. The van der Waals surface area contributed by atoms with Crippen molar-refractivity contribution in [3.63, 3.8) is 0 Å². The van der Waals surface area contributed by atoms with Gasteiger partial charge in [-0.1, -0.05) is 20.8 Å². The summed E-state index contributed by atoms with van der Waals surface area (Å²) >= 11 is 0. The molecule has 11 heteroatoms. The van der Waals surface area contributed by atoms with Gasteiger partial charge in [-0.05, 0) is 18.6 Å². The number of rotatable bonds is 6. The maximum atomic E-state index is 11.3. The number of carbonyl (C=O) groups is 1. The first-order valence-corrected chi connectivity index (χ1v) is 11.9. The van der Waals surface area contributed by atoms with Crippen LogP contribution in [0.2, 0.25) is 0 Å². The lowest BCUT2D eigenvalue weighted by Crippen LogP contribution is -2.22. The van der Waals surface area contributed by atoms with Gasteiger partial charge in [0, 0.05) is 56.1 Å². The third-order valence-corrected chi connectivity index (χ3v) is 5.94. The minimum atomic E-state index is -0.204. The fourth-order valence-electron chi connectivity index (χ4n) is 4.18. The van der Waals surface area contributed by atoms with Gasteiger partial charge in [0.05, 0.1) is 12.6 Å². The van der Waals surface area contributed by atoms with Crippen molar-refractivity contribution >= 4 is 34.7 Å². The number of nitrogens with zero attached hydrogens (tertiary/aromatic N) is 6. The third kappa shape index (κ3) is 4.87. The van der Waals surface area contributed by atoms with E-state index in [1.807, 2.05) is 17.7 Å². The SMILES string of the molecule is CC(=O)Nc1cc(Oc2ccc3nc(Nc4cc(C(C)(C)C)n([C@@H]5CCOC5)n4)n(C)c3n2)ccn1. The average molecular weight is 491 g/mol. The number of pyridine rings is 2. The molecule has 5 heterocycles. The first kappa shape index (κ1) is 23.7. The van der Waals surface area contributed by atoms with Gasteiger partial charge in [0.1, 0.15) is 17.1 Å². The van der Waals surface area contributed by atoms with Crippen LogP contribution in [-0.2, 0) is 22.0 Å². The summed E-state index contributed by atoms with van der Waals surface area (Å²) in [4.78, 5) is 24.8. The number of fused-ring (bicyclic) bond motifs is 1. The van der Waals surface area contributed by atoms with Crippen LogP contribution >= 0.6 is 0 Å². The van der Waals surface area contributed by atoms with Crippen LogP contribution < -0.4 is 15.4 Å². The van der Waals surface area contributed by atoms with Gasteiger partial charge in [0.15, 0.2) is 11.5 Å². The molecule has 11 nitrogen and oxygen atoms in total. The van der Waals surface area contributed by atoms with Crippen LogP contribution in [0.5, 0.6) is 11.6 Å². The highest BCUT2D eigenvalue weighted by Crippen LogP contribution is 2.32. The van der Waals surface area contributed by atoms with Crippen LogP contribution in [0.25, 0.3) is 11.2 Å². The van der Waals surface area contributed by atoms with Gasteiger partial charge in [-0.15, -0.1) is 0 Å². The number of hydrogen-bond acceptors (Lipinski definition) is 8. The Morgan fingerprint density at radius 3 is 2.72 bits per heavy atom. The highest BCUT2D eigenvalue weighted by Gasteiger charge is 2.28. The fraction of sp³-hybridized carbons (Fsp3) is 0.400. The van der Waals surface area contributed by atoms with Crippen LogP contribution in [0.3, 0.4) is 0 Å². The van der Waals surface area contributed by atoms with E-state index in [-0.39, 0.29) is 17.4 Å². The van der Waals surface area contributed by atoms with E-state index in [2.05, 4.69) is 52.1 Å². The summed E-state index contributed by atoms with van der Waals surface area (Å²) in [6, 6.07) is 9.26. The average Bonchev–Trinajstić information content (AvgIpc) is 3.54. The second-order valence-corrected chi connectivity index (χ2v) is 9.90. The second-order valence-electron chi connectivity index (χ2n) is 9.90. The Balaban J connectivity index is 1.40. The van der Waals surface area contributed by atoms with E-state index >= 15 is 0 Å². The van der Waals surface area contributed by atoms with Crippen molar-refractivity contribution in [1.29, 1.82) is 0 Å². The molecule has 1 amide bonds. The molecule has 0 spiro atoms. The molecular weight excluding hydrogens is 460 g/mol. The third-order valence-electron chi connectivity index (χ3n) is 5.94. The van der Waals surface area contributed by atoms with E-state index in [0.717, 1.165) is 30.1 Å². The largest absolute Gasteiger partial charge is 0.439 e. The molecule has 1 aliphatic heterocycles. The monoisotopic (exact) mass is 490 g/mol. The number of imidazole rings is 1. The molecule has 4 aromatic rings. The van der Waals surface area contributed by atoms with Crippen molar-refractivity contribution in [2.24, 2.45) is 7.05 Å². The van der Waals surface area contributed by atoms with Gasteiger partial charge in [0.2, 0.25) is 17.7 Å². The number of hydrogen-bond donors (Lipinski definition) is 2. The highest BCUT2D eigenvalue weighted by molar-refractivity contribution is 5.87. The van der Waals surface area contributed by atoms with E-state index in [9.17, 15) is 4.79 Å². The molecule has 1 fully saturated rings. The van der Waals surface area contributed by atoms with E-state index in [1.165, 1.54) is 6.92 Å². The zero-order valence-electron chi connectivity index (χ0n) is 21.1. The summed E-state index contributed by atoms with van der Waals surface area (Å²) in [5.41, 5.74) is 2.46. The van der Waals surface area contributed by atoms with Gasteiger partial charge in [-0.25, -0.2) is 9.97 Å². The number of aromatic nitrogens is 6. The van der Waals surface area contributed by atoms with Crippen molar-refractivity contribution in [2.75, 3.05) is 23.8 Å². The Morgan fingerprint density at radius 2 is 2.00 bits per heavy atom. The number of carbonyl (C=O) groups excluding carboxylic acids is 1. The standard InChI is InChI=1S/C25H30N8O3/c1-15(34)27-20-12-17(8-10-26-20)36-22-7-6-18-23(30-22)32(5)24(28-18)29-21-13-19(25(2,3)4)33(31-21)16-9-11-35-14-16/h6-8,10,12-13,16H,9,11,14H2,1-5H3,(H,26,27,34)(H,28,29,31)/t16-/m1/s1. The maximum absolute atomic E-state index is 11.3. The molecule has 0 aromatic carbocycles. The van der Waals surface area contributed by atoms with E-state index < -0.39 is 0 Å². The highest BCUT2D eigenvalue weighted by atomic mass is 16.5. The molecule has 4 aromatic heterocycles. The van der Waals surface area contributed by atoms with Gasteiger partial charge in [-0.3, -0.25) is 14.0 Å². The van der Waals surface area contributed by atoms with Crippen molar-refractivity contribution in [3.05, 3.63) is 42.2 Å². The van der Waals surface area contributed by atoms with Crippen molar-refractivity contribution in [2.45, 2.75) is 45.6 Å². The summed E-state index contributed by atoms with van der Waals surface area (Å²) in [5.74, 6) is 2.47. The first-order valence-electron chi connectivity index (χ1n) is 11.9. The Kier molecular flexibility index (Phi) is 6.09. The van der Waals surface area contributed by atoms with Crippen molar-refractivity contribution in [1.82, 2.24) is 29.3 Å². The lowest BCUT2D eigenvalue weighted by atomic mass is 9.91. The Morgan fingerprint density at radius 1 is 1.17 bits per heavy atom. The summed E-state index contributed by atoms with van der Waals surface area (Å²) in [5, 5.41) is 10.9. The summed E-state index contributed by atoms with van der Waals surface area (Å²) < 4.78 is 15.5. The molecule has 0 radical (unpaired) electrons. The lowest BCUT2D eigenvalue weighted by molar-refractivity contribution is -0.114. The molecule has 1 saturated heterocycles. The number of amides is 1. The molecule has 36 heavy (non-hydrogen) atoms. The molecule has 0 bridgehead atoms. The molecular formula is C25H30N8O3. The van der Waals surface area contributed by atoms with Crippen LogP contribution in [0.15, 0.2) is 36.5 Å². The smallest absolute Gasteiger partial charge is 0.222 e. The predicted molar refractivity (Wildman–Crippen MR) is 136 cm³/mol. The van der Waals surface area contributed by atoms with Gasteiger partial charge in [0.25, 0.3) is 0 Å². The first-order chi connectivity index (χ1) is 17.2. The Bertz CT molecular complexity index is 1410. The maximum Gasteiger partial charge on any atom is 0.222 e. The lowest BCUT2D eigenvalue weighted by Gasteiger charge is -2.22. The number of nitrogens with one attached hydrogen (secondary N) is 2. The van der Waals surface area contributed by atoms with Crippen molar-refractivity contribution in [3.8, 4) is 11.6 Å². The quantitative estimate of drug-likeness (QED) is 0.410. The fourth-order valence-corrected chi connectivity index (χ4v) is 4.18. The van der Waals surface area contributed by atoms with Crippen LogP contribution in [0, 0.1) is 0 Å². The molecule has 1 aliphatic rings. The molecule has 5 rings (SSSR count). The minimum Gasteiger partial charge on any atom is -0.439 e. The van der Waals surface area contributed by atoms with E-state index in [1.54, 1.807) is 24.4 Å². The topological polar surface area (TPSA) is 121 Å². The summed E-state index contributed by atoms with van der Waals surface area (Å²) in [6.45, 7) is 9.41. The summed E-state index contributed by atoms with van der Waals surface area (Å²) in [7, 11) is 1.89. The Labute approximate surface area is 208 Å². The van der Waals surface area contributed by atoms with Gasteiger partial charge in [-0.2, -0.15) is 10.1 Å². The molecule has 0 aliphatic carbocycles. The van der Waals surface area contributed by atoms with Gasteiger partial charge < -0.3 is 20.1 Å². The second kappa shape index (κ2) is 9.23. The van der Waals surface area contributed by atoms with E-state index in [4.69, 9.17) is 19.6 Å². The predicted octanol–water partition coefficient (Wildman–Crippen LogP) is 4.31. The van der Waals surface area contributed by atoms with Crippen LogP contribution in [-0.4, -0.2) is 48.4 Å². The molecule has 0 saturated carbocycles. The minimum absolute atomic E-state index is 0.0670. The zero-order chi connectivity index (χ0) is 25.4. The van der Waals surface area contributed by atoms with Crippen molar-refractivity contribution < 1.29 is 14.3 Å². The number of aryl methyl sites for hydroxylation is 1.